The fourth-order valence-electron chi connectivity index (χ4n) is 2.95. The van der Waals surface area contributed by atoms with Crippen molar-refractivity contribution in [1.29, 1.82) is 0 Å². The van der Waals surface area contributed by atoms with Gasteiger partial charge in [-0.2, -0.15) is 4.98 Å². The van der Waals surface area contributed by atoms with E-state index < -0.39 is 0 Å². The number of aromatic nitrogens is 3. The summed E-state index contributed by atoms with van der Waals surface area (Å²) >= 11 is 1.68. The van der Waals surface area contributed by atoms with Gasteiger partial charge in [-0.05, 0) is 12.1 Å². The smallest absolute Gasteiger partial charge is 0.225 e. The Balaban J connectivity index is 1.95. The van der Waals surface area contributed by atoms with Crippen molar-refractivity contribution in [2.45, 2.75) is 0 Å². The average Bonchev–Trinajstić information content (AvgIpc) is 2.99. The van der Waals surface area contributed by atoms with Gasteiger partial charge in [0.1, 0.15) is 10.6 Å². The van der Waals surface area contributed by atoms with Gasteiger partial charge in [0, 0.05) is 52.7 Å². The first kappa shape index (κ1) is 15.3. The van der Waals surface area contributed by atoms with E-state index in [0.29, 0.717) is 5.95 Å². The molecule has 0 aromatic carbocycles. The zero-order valence-electron chi connectivity index (χ0n) is 14.1. The van der Waals surface area contributed by atoms with Gasteiger partial charge in [0.15, 0.2) is 5.82 Å². The highest BCUT2D eigenvalue weighted by molar-refractivity contribution is 7.26. The molecule has 7 nitrogen and oxygen atoms in total. The third kappa shape index (κ3) is 2.51. The Morgan fingerprint density at radius 2 is 1.96 bits per heavy atom. The molecule has 0 radical (unpaired) electrons. The quantitative estimate of drug-likeness (QED) is 0.751. The summed E-state index contributed by atoms with van der Waals surface area (Å²) in [7, 11) is 5.87. The second-order valence-electron chi connectivity index (χ2n) is 6.05. The maximum absolute atomic E-state index is 4.78. The monoisotopic (exact) mass is 343 g/mol. The maximum atomic E-state index is 4.78. The van der Waals surface area contributed by atoms with Gasteiger partial charge in [0.2, 0.25) is 5.95 Å². The van der Waals surface area contributed by atoms with Crippen LogP contribution in [0.15, 0.2) is 12.1 Å². The molecule has 0 bridgehead atoms. The molecule has 24 heavy (non-hydrogen) atoms. The SMILES string of the molecule is CNc1nc(N2CCNCC2)c2sc3nc(N(C)C)ccc3c2n1. The van der Waals surface area contributed by atoms with Gasteiger partial charge in [-0.3, -0.25) is 0 Å². The normalized spacial score (nSPS) is 15.2. The van der Waals surface area contributed by atoms with Crippen LogP contribution in [0.1, 0.15) is 0 Å². The van der Waals surface area contributed by atoms with Crippen molar-refractivity contribution >= 4 is 49.4 Å². The van der Waals surface area contributed by atoms with E-state index >= 15 is 0 Å². The van der Waals surface area contributed by atoms with Gasteiger partial charge in [0.05, 0.1) is 10.2 Å². The zero-order valence-corrected chi connectivity index (χ0v) is 14.9. The van der Waals surface area contributed by atoms with E-state index in [4.69, 9.17) is 15.0 Å². The van der Waals surface area contributed by atoms with Crippen molar-refractivity contribution in [1.82, 2.24) is 20.3 Å². The Morgan fingerprint density at radius 3 is 2.67 bits per heavy atom. The van der Waals surface area contributed by atoms with Gasteiger partial charge < -0.3 is 20.4 Å². The van der Waals surface area contributed by atoms with Crippen molar-refractivity contribution in [3.63, 3.8) is 0 Å². The van der Waals surface area contributed by atoms with Crippen LogP contribution in [0.5, 0.6) is 0 Å². The molecule has 1 fully saturated rings. The van der Waals surface area contributed by atoms with Crippen LogP contribution in [0.3, 0.4) is 0 Å². The molecule has 8 heteroatoms. The predicted octanol–water partition coefficient (Wildman–Crippen LogP) is 1.76. The van der Waals surface area contributed by atoms with E-state index in [1.54, 1.807) is 11.3 Å². The Labute approximate surface area is 144 Å². The molecule has 0 saturated carbocycles. The number of hydrogen-bond acceptors (Lipinski definition) is 8. The minimum absolute atomic E-state index is 0.660. The zero-order chi connectivity index (χ0) is 16.7. The van der Waals surface area contributed by atoms with Crippen LogP contribution >= 0.6 is 11.3 Å². The molecule has 4 heterocycles. The lowest BCUT2D eigenvalue weighted by molar-refractivity contribution is 0.586. The van der Waals surface area contributed by atoms with Gasteiger partial charge in [0.25, 0.3) is 0 Å². The molecule has 1 aliphatic heterocycles. The van der Waals surface area contributed by atoms with E-state index in [2.05, 4.69) is 21.6 Å². The number of anilines is 3. The highest BCUT2D eigenvalue weighted by atomic mass is 32.1. The highest BCUT2D eigenvalue weighted by Crippen LogP contribution is 2.38. The molecule has 3 aromatic rings. The first-order chi connectivity index (χ1) is 11.7. The predicted molar refractivity (Wildman–Crippen MR) is 102 cm³/mol. The number of nitrogens with zero attached hydrogens (tertiary/aromatic N) is 5. The van der Waals surface area contributed by atoms with Crippen molar-refractivity contribution in [2.75, 3.05) is 62.4 Å². The summed E-state index contributed by atoms with van der Waals surface area (Å²) in [6, 6.07) is 4.16. The van der Waals surface area contributed by atoms with E-state index in [1.807, 2.05) is 32.1 Å². The van der Waals surface area contributed by atoms with Crippen LogP contribution in [0.2, 0.25) is 0 Å². The lowest BCUT2D eigenvalue weighted by Gasteiger charge is -2.28. The van der Waals surface area contributed by atoms with Gasteiger partial charge >= 0.3 is 0 Å². The molecule has 0 aliphatic carbocycles. The largest absolute Gasteiger partial charge is 0.363 e. The highest BCUT2D eigenvalue weighted by Gasteiger charge is 2.20. The molecule has 2 N–H and O–H groups in total. The fourth-order valence-corrected chi connectivity index (χ4v) is 4.08. The molecule has 0 amide bonds. The molecule has 1 aliphatic rings. The van der Waals surface area contributed by atoms with Gasteiger partial charge in [-0.1, -0.05) is 0 Å². The van der Waals surface area contributed by atoms with Crippen molar-refractivity contribution < 1.29 is 0 Å². The number of nitrogens with one attached hydrogen (secondary N) is 2. The summed E-state index contributed by atoms with van der Waals surface area (Å²) in [5.41, 5.74) is 0.987. The van der Waals surface area contributed by atoms with Crippen LogP contribution in [0.4, 0.5) is 17.6 Å². The second-order valence-corrected chi connectivity index (χ2v) is 7.05. The Bertz CT molecular complexity index is 883. The second kappa shape index (κ2) is 6.03. The summed E-state index contributed by atoms with van der Waals surface area (Å²) < 4.78 is 1.12. The van der Waals surface area contributed by atoms with Crippen LogP contribution in [0, 0.1) is 0 Å². The molecule has 0 atom stereocenters. The first-order valence-corrected chi connectivity index (χ1v) is 8.91. The van der Waals surface area contributed by atoms with Crippen LogP contribution in [-0.2, 0) is 0 Å². The number of thiophene rings is 1. The fraction of sp³-hybridized carbons (Fsp3) is 0.438. The van der Waals surface area contributed by atoms with Crippen molar-refractivity contribution in [2.24, 2.45) is 0 Å². The molecule has 1 saturated heterocycles. The van der Waals surface area contributed by atoms with E-state index in [-0.39, 0.29) is 0 Å². The number of fused-ring (bicyclic) bond motifs is 3. The van der Waals surface area contributed by atoms with E-state index in [0.717, 1.165) is 58.2 Å². The summed E-state index contributed by atoms with van der Waals surface area (Å²) in [5, 5.41) is 7.58. The first-order valence-electron chi connectivity index (χ1n) is 8.09. The summed E-state index contributed by atoms with van der Waals surface area (Å²) in [6.45, 7) is 3.88. The number of piperazine rings is 1. The number of hydrogen-bond donors (Lipinski definition) is 2. The standard InChI is InChI=1S/C16H21N7S/c1-17-16-20-12-10-4-5-11(22(2)3)19-15(10)24-13(12)14(21-16)23-8-6-18-7-9-23/h4-5,18H,6-9H2,1-3H3,(H,17,20,21). The lowest BCUT2D eigenvalue weighted by atomic mass is 10.2. The lowest BCUT2D eigenvalue weighted by Crippen LogP contribution is -2.44. The van der Waals surface area contributed by atoms with E-state index in [9.17, 15) is 0 Å². The van der Waals surface area contributed by atoms with Gasteiger partial charge in [-0.15, -0.1) is 11.3 Å². The number of rotatable bonds is 3. The summed E-state index contributed by atoms with van der Waals surface area (Å²) in [6.07, 6.45) is 0. The summed E-state index contributed by atoms with van der Waals surface area (Å²) in [4.78, 5) is 19.6. The molecule has 126 valence electrons. The number of pyridine rings is 1. The van der Waals surface area contributed by atoms with E-state index in [1.165, 1.54) is 0 Å². The molecule has 4 rings (SSSR count). The van der Waals surface area contributed by atoms with Crippen LogP contribution in [0.25, 0.3) is 20.4 Å². The third-order valence-corrected chi connectivity index (χ3v) is 5.33. The van der Waals surface area contributed by atoms with Crippen molar-refractivity contribution in [3.8, 4) is 0 Å². The van der Waals surface area contributed by atoms with Crippen LogP contribution in [-0.4, -0.2) is 62.3 Å². The van der Waals surface area contributed by atoms with Crippen LogP contribution < -0.4 is 20.4 Å². The molecule has 0 spiro atoms. The third-order valence-electron chi connectivity index (χ3n) is 4.25. The average molecular weight is 343 g/mol. The van der Waals surface area contributed by atoms with Crippen molar-refractivity contribution in [3.05, 3.63) is 12.1 Å². The topological polar surface area (TPSA) is 69.2 Å². The molecule has 3 aromatic heterocycles. The molecular formula is C16H21N7S. The molecular weight excluding hydrogens is 322 g/mol. The minimum Gasteiger partial charge on any atom is -0.363 e. The molecule has 0 unspecified atom stereocenters. The summed E-state index contributed by atoms with van der Waals surface area (Å²) in [5.74, 6) is 2.63. The maximum Gasteiger partial charge on any atom is 0.225 e. The minimum atomic E-state index is 0.660. The van der Waals surface area contributed by atoms with Gasteiger partial charge in [-0.25, -0.2) is 9.97 Å². The Kier molecular flexibility index (Phi) is 3.85. The Hall–Kier alpha value is -2.19. The Morgan fingerprint density at radius 1 is 1.17 bits per heavy atom.